The van der Waals surface area contributed by atoms with Gasteiger partial charge in [0, 0.05) is 24.7 Å². The summed E-state index contributed by atoms with van der Waals surface area (Å²) in [5.74, 6) is 0.0804. The summed E-state index contributed by atoms with van der Waals surface area (Å²) in [6, 6.07) is 7.53. The Kier molecular flexibility index (Phi) is 5.63. The molecule has 1 aromatic carbocycles. The molecule has 19 heavy (non-hydrogen) atoms. The summed E-state index contributed by atoms with van der Waals surface area (Å²) in [7, 11) is 0. The van der Waals surface area contributed by atoms with Gasteiger partial charge in [0.1, 0.15) is 0 Å². The van der Waals surface area contributed by atoms with E-state index in [1.54, 1.807) is 0 Å². The van der Waals surface area contributed by atoms with Crippen molar-refractivity contribution in [2.75, 3.05) is 32.7 Å². The fourth-order valence-electron chi connectivity index (χ4n) is 2.12. The van der Waals surface area contributed by atoms with E-state index in [2.05, 4.69) is 15.5 Å². The van der Waals surface area contributed by atoms with Crippen molar-refractivity contribution in [1.82, 2.24) is 15.5 Å². The van der Waals surface area contributed by atoms with Crippen LogP contribution in [0.1, 0.15) is 12.0 Å². The Balaban J connectivity index is 1.73. The molecule has 0 atom stereocenters. The molecular weight excluding hydrogens is 262 g/mol. The SMILES string of the molecule is O=C(CN1CCCNCC1)NCc1ccc(Cl)cc1. The molecule has 5 heteroatoms. The molecule has 1 saturated heterocycles. The highest BCUT2D eigenvalue weighted by Crippen LogP contribution is 2.09. The summed E-state index contributed by atoms with van der Waals surface area (Å²) < 4.78 is 0. The van der Waals surface area contributed by atoms with Gasteiger partial charge in [0.25, 0.3) is 0 Å². The van der Waals surface area contributed by atoms with Crippen molar-refractivity contribution in [3.05, 3.63) is 34.9 Å². The number of carbonyl (C=O) groups excluding carboxylic acids is 1. The van der Waals surface area contributed by atoms with Gasteiger partial charge in [-0.25, -0.2) is 0 Å². The standard InChI is InChI=1S/C14H20ClN3O/c15-13-4-2-12(3-5-13)10-17-14(19)11-18-8-1-6-16-7-9-18/h2-5,16H,1,6-11H2,(H,17,19). The molecule has 1 fully saturated rings. The molecule has 2 N–H and O–H groups in total. The first kappa shape index (κ1) is 14.3. The van der Waals surface area contributed by atoms with Crippen LogP contribution in [0.4, 0.5) is 0 Å². The van der Waals surface area contributed by atoms with Gasteiger partial charge in [-0.2, -0.15) is 0 Å². The number of rotatable bonds is 4. The number of halogens is 1. The normalized spacial score (nSPS) is 16.9. The Morgan fingerprint density at radius 2 is 2.05 bits per heavy atom. The van der Waals surface area contributed by atoms with E-state index < -0.39 is 0 Å². The number of nitrogens with zero attached hydrogens (tertiary/aromatic N) is 1. The molecular formula is C14H20ClN3O. The first-order chi connectivity index (χ1) is 9.24. The fourth-order valence-corrected chi connectivity index (χ4v) is 2.25. The molecule has 104 valence electrons. The highest BCUT2D eigenvalue weighted by Gasteiger charge is 2.12. The smallest absolute Gasteiger partial charge is 0.234 e. The maximum absolute atomic E-state index is 11.9. The Labute approximate surface area is 119 Å². The van der Waals surface area contributed by atoms with Gasteiger partial charge in [-0.1, -0.05) is 23.7 Å². The molecule has 1 aliphatic heterocycles. The minimum atomic E-state index is 0.0804. The summed E-state index contributed by atoms with van der Waals surface area (Å²) in [5, 5.41) is 6.98. The number of nitrogens with one attached hydrogen (secondary N) is 2. The Hall–Kier alpha value is -1.10. The van der Waals surface area contributed by atoms with E-state index >= 15 is 0 Å². The number of hydrogen-bond donors (Lipinski definition) is 2. The molecule has 4 nitrogen and oxygen atoms in total. The molecule has 0 aromatic heterocycles. The Morgan fingerprint density at radius 3 is 2.84 bits per heavy atom. The van der Waals surface area contributed by atoms with Gasteiger partial charge < -0.3 is 10.6 Å². The van der Waals surface area contributed by atoms with Crippen LogP contribution in [0.5, 0.6) is 0 Å². The second-order valence-electron chi connectivity index (χ2n) is 4.78. The summed E-state index contributed by atoms with van der Waals surface area (Å²) >= 11 is 5.82. The molecule has 1 aliphatic rings. The lowest BCUT2D eigenvalue weighted by Gasteiger charge is -2.18. The van der Waals surface area contributed by atoms with Crippen LogP contribution in [0.15, 0.2) is 24.3 Å². The summed E-state index contributed by atoms with van der Waals surface area (Å²) in [4.78, 5) is 14.1. The van der Waals surface area contributed by atoms with Crippen LogP contribution in [0, 0.1) is 0 Å². The van der Waals surface area contributed by atoms with Gasteiger partial charge in [0.15, 0.2) is 0 Å². The van der Waals surface area contributed by atoms with Crippen molar-refractivity contribution in [3.8, 4) is 0 Å². The molecule has 0 saturated carbocycles. The fraction of sp³-hybridized carbons (Fsp3) is 0.500. The lowest BCUT2D eigenvalue weighted by atomic mass is 10.2. The van der Waals surface area contributed by atoms with Crippen LogP contribution >= 0.6 is 11.6 Å². The van der Waals surface area contributed by atoms with Crippen molar-refractivity contribution in [1.29, 1.82) is 0 Å². The largest absolute Gasteiger partial charge is 0.351 e. The monoisotopic (exact) mass is 281 g/mol. The Morgan fingerprint density at radius 1 is 1.26 bits per heavy atom. The van der Waals surface area contributed by atoms with Gasteiger partial charge in [-0.15, -0.1) is 0 Å². The van der Waals surface area contributed by atoms with Crippen LogP contribution in [0.25, 0.3) is 0 Å². The molecule has 0 radical (unpaired) electrons. The van der Waals surface area contributed by atoms with E-state index in [9.17, 15) is 4.79 Å². The van der Waals surface area contributed by atoms with Crippen LogP contribution in [-0.4, -0.2) is 43.5 Å². The summed E-state index contributed by atoms with van der Waals surface area (Å²) in [6.45, 7) is 4.97. The maximum Gasteiger partial charge on any atom is 0.234 e. The molecule has 0 spiro atoms. The lowest BCUT2D eigenvalue weighted by Crippen LogP contribution is -2.38. The van der Waals surface area contributed by atoms with E-state index in [0.29, 0.717) is 18.1 Å². The highest BCUT2D eigenvalue weighted by molar-refractivity contribution is 6.30. The number of hydrogen-bond acceptors (Lipinski definition) is 3. The molecule has 0 unspecified atom stereocenters. The van der Waals surface area contributed by atoms with Crippen molar-refractivity contribution < 1.29 is 4.79 Å². The van der Waals surface area contributed by atoms with Crippen molar-refractivity contribution in [2.45, 2.75) is 13.0 Å². The quantitative estimate of drug-likeness (QED) is 0.873. The van der Waals surface area contributed by atoms with E-state index in [1.165, 1.54) is 0 Å². The van der Waals surface area contributed by atoms with E-state index in [-0.39, 0.29) is 5.91 Å². The zero-order valence-corrected chi connectivity index (χ0v) is 11.7. The topological polar surface area (TPSA) is 44.4 Å². The zero-order chi connectivity index (χ0) is 13.5. The van der Waals surface area contributed by atoms with E-state index in [1.807, 2.05) is 24.3 Å². The summed E-state index contributed by atoms with van der Waals surface area (Å²) in [6.07, 6.45) is 1.10. The lowest BCUT2D eigenvalue weighted by molar-refractivity contribution is -0.122. The van der Waals surface area contributed by atoms with Crippen LogP contribution in [0.3, 0.4) is 0 Å². The van der Waals surface area contributed by atoms with Crippen molar-refractivity contribution in [3.63, 3.8) is 0 Å². The third-order valence-corrected chi connectivity index (χ3v) is 3.45. The molecule has 1 heterocycles. The van der Waals surface area contributed by atoms with E-state index in [4.69, 9.17) is 11.6 Å². The minimum absolute atomic E-state index is 0.0804. The first-order valence-corrected chi connectivity index (χ1v) is 7.06. The second kappa shape index (κ2) is 7.48. The van der Waals surface area contributed by atoms with Gasteiger partial charge in [0.2, 0.25) is 5.91 Å². The minimum Gasteiger partial charge on any atom is -0.351 e. The second-order valence-corrected chi connectivity index (χ2v) is 5.22. The van der Waals surface area contributed by atoms with Gasteiger partial charge in [0.05, 0.1) is 6.54 Å². The third kappa shape index (κ3) is 5.19. The summed E-state index contributed by atoms with van der Waals surface area (Å²) in [5.41, 5.74) is 1.07. The molecule has 1 aromatic rings. The molecule has 0 aliphatic carbocycles. The highest BCUT2D eigenvalue weighted by atomic mass is 35.5. The number of carbonyl (C=O) groups is 1. The first-order valence-electron chi connectivity index (χ1n) is 6.68. The van der Waals surface area contributed by atoms with Crippen LogP contribution in [-0.2, 0) is 11.3 Å². The number of amides is 1. The predicted molar refractivity (Wildman–Crippen MR) is 77.2 cm³/mol. The Bertz CT molecular complexity index is 400. The van der Waals surface area contributed by atoms with Gasteiger partial charge in [-0.3, -0.25) is 9.69 Å². The molecule has 2 rings (SSSR count). The molecule has 1 amide bonds. The predicted octanol–water partition coefficient (Wildman–Crippen LogP) is 1.25. The zero-order valence-electron chi connectivity index (χ0n) is 11.0. The van der Waals surface area contributed by atoms with Gasteiger partial charge >= 0.3 is 0 Å². The van der Waals surface area contributed by atoms with Gasteiger partial charge in [-0.05, 0) is 37.2 Å². The average molecular weight is 282 g/mol. The van der Waals surface area contributed by atoms with Crippen molar-refractivity contribution >= 4 is 17.5 Å². The number of benzene rings is 1. The van der Waals surface area contributed by atoms with E-state index in [0.717, 1.165) is 38.2 Å². The molecule has 0 bridgehead atoms. The third-order valence-electron chi connectivity index (χ3n) is 3.20. The van der Waals surface area contributed by atoms with Crippen LogP contribution < -0.4 is 10.6 Å². The average Bonchev–Trinajstić information content (AvgIpc) is 2.67. The maximum atomic E-state index is 11.9. The van der Waals surface area contributed by atoms with Crippen LogP contribution in [0.2, 0.25) is 5.02 Å². The van der Waals surface area contributed by atoms with Crippen molar-refractivity contribution in [2.24, 2.45) is 0 Å².